The first-order chi connectivity index (χ1) is 15.0. The first-order valence-corrected chi connectivity index (χ1v) is 9.68. The molecular formula is C25H22O6. The number of rotatable bonds is 10. The average Bonchev–Trinajstić information content (AvgIpc) is 2.82. The van der Waals surface area contributed by atoms with Gasteiger partial charge in [0.2, 0.25) is 5.78 Å². The number of hydrogen-bond acceptors (Lipinski definition) is 6. The topological polar surface area (TPSA) is 78.9 Å². The van der Waals surface area contributed by atoms with Crippen molar-refractivity contribution in [3.63, 3.8) is 0 Å². The third kappa shape index (κ3) is 6.54. The zero-order valence-corrected chi connectivity index (χ0v) is 17.1. The fourth-order valence-corrected chi connectivity index (χ4v) is 2.82. The molecule has 0 unspecified atom stereocenters. The van der Waals surface area contributed by atoms with Crippen molar-refractivity contribution >= 4 is 17.5 Å². The maximum atomic E-state index is 12.6. The molecule has 3 aromatic carbocycles. The second kappa shape index (κ2) is 10.7. The minimum Gasteiger partial charge on any atom is -0.489 e. The third-order valence-corrected chi connectivity index (χ3v) is 4.43. The number of benzene rings is 3. The van der Waals surface area contributed by atoms with E-state index in [0.29, 0.717) is 24.7 Å². The Morgan fingerprint density at radius 1 is 0.710 bits per heavy atom. The maximum absolute atomic E-state index is 12.6. The van der Waals surface area contributed by atoms with Gasteiger partial charge in [0, 0.05) is 11.6 Å². The number of ether oxygens (including phenoxy) is 3. The van der Waals surface area contributed by atoms with Crippen molar-refractivity contribution in [2.24, 2.45) is 0 Å². The molecule has 0 spiro atoms. The Morgan fingerprint density at radius 2 is 1.19 bits per heavy atom. The Bertz CT molecular complexity index is 982. The van der Waals surface area contributed by atoms with Gasteiger partial charge in [0.1, 0.15) is 24.7 Å². The van der Waals surface area contributed by atoms with Crippen LogP contribution in [0, 0.1) is 0 Å². The van der Waals surface area contributed by atoms with E-state index in [1.165, 1.54) is 12.1 Å². The summed E-state index contributed by atoms with van der Waals surface area (Å²) in [6.45, 7) is 0.607. The van der Waals surface area contributed by atoms with E-state index in [1.807, 2.05) is 60.7 Å². The van der Waals surface area contributed by atoms with Crippen molar-refractivity contribution in [1.29, 1.82) is 0 Å². The van der Waals surface area contributed by atoms with Crippen molar-refractivity contribution in [3.05, 3.63) is 95.6 Å². The standard InChI is InChI=1S/C25H22O6/c1-29-25(28)24(27)15-23(26)20-12-21(30-16-18-8-4-2-5-9-18)14-22(13-20)31-17-19-10-6-3-7-11-19/h2-14H,15-17H2,1H3. The summed E-state index contributed by atoms with van der Waals surface area (Å²) in [5, 5.41) is 0. The molecule has 0 heterocycles. The summed E-state index contributed by atoms with van der Waals surface area (Å²) in [7, 11) is 1.10. The first-order valence-electron chi connectivity index (χ1n) is 9.68. The second-order valence-electron chi connectivity index (χ2n) is 6.76. The van der Waals surface area contributed by atoms with Crippen LogP contribution in [0.15, 0.2) is 78.9 Å². The lowest BCUT2D eigenvalue weighted by Gasteiger charge is -2.12. The van der Waals surface area contributed by atoms with Gasteiger partial charge >= 0.3 is 5.97 Å². The van der Waals surface area contributed by atoms with Gasteiger partial charge in [0.05, 0.1) is 13.5 Å². The van der Waals surface area contributed by atoms with Crippen LogP contribution in [-0.2, 0) is 27.5 Å². The molecule has 0 atom stereocenters. The molecule has 0 fully saturated rings. The molecule has 3 aromatic rings. The predicted octanol–water partition coefficient (Wildman–Crippen LogP) is 4.16. The molecule has 0 bridgehead atoms. The van der Waals surface area contributed by atoms with Gasteiger partial charge in [-0.15, -0.1) is 0 Å². The molecule has 0 aromatic heterocycles. The van der Waals surface area contributed by atoms with Crippen LogP contribution in [0.25, 0.3) is 0 Å². The number of Topliss-reactive ketones (excluding diaryl/α,β-unsaturated/α-hetero) is 2. The summed E-state index contributed by atoms with van der Waals surface area (Å²) in [6.07, 6.45) is -0.590. The number of carbonyl (C=O) groups excluding carboxylic acids is 3. The van der Waals surface area contributed by atoms with Crippen molar-refractivity contribution in [2.45, 2.75) is 19.6 Å². The first kappa shape index (κ1) is 21.8. The van der Waals surface area contributed by atoms with E-state index in [-0.39, 0.29) is 5.56 Å². The highest BCUT2D eigenvalue weighted by Gasteiger charge is 2.20. The van der Waals surface area contributed by atoms with E-state index < -0.39 is 24.0 Å². The summed E-state index contributed by atoms with van der Waals surface area (Å²) in [4.78, 5) is 35.7. The van der Waals surface area contributed by atoms with Crippen LogP contribution in [0.3, 0.4) is 0 Å². The lowest BCUT2D eigenvalue weighted by Crippen LogP contribution is -2.19. The number of hydrogen-bond donors (Lipinski definition) is 0. The van der Waals surface area contributed by atoms with E-state index in [2.05, 4.69) is 4.74 Å². The number of ketones is 2. The van der Waals surface area contributed by atoms with Crippen LogP contribution < -0.4 is 9.47 Å². The highest BCUT2D eigenvalue weighted by Crippen LogP contribution is 2.26. The van der Waals surface area contributed by atoms with Crippen LogP contribution in [0.4, 0.5) is 0 Å². The predicted molar refractivity (Wildman–Crippen MR) is 114 cm³/mol. The van der Waals surface area contributed by atoms with Crippen molar-refractivity contribution in [1.82, 2.24) is 0 Å². The Kier molecular flexibility index (Phi) is 7.54. The van der Waals surface area contributed by atoms with Gasteiger partial charge in [-0.05, 0) is 23.3 Å². The second-order valence-corrected chi connectivity index (χ2v) is 6.76. The van der Waals surface area contributed by atoms with Crippen molar-refractivity contribution < 1.29 is 28.6 Å². The molecule has 6 nitrogen and oxygen atoms in total. The zero-order valence-electron chi connectivity index (χ0n) is 17.1. The van der Waals surface area contributed by atoms with Crippen molar-refractivity contribution in [3.8, 4) is 11.5 Å². The monoisotopic (exact) mass is 418 g/mol. The highest BCUT2D eigenvalue weighted by atomic mass is 16.5. The molecule has 0 saturated carbocycles. The Balaban J connectivity index is 1.79. The van der Waals surface area contributed by atoms with Crippen LogP contribution in [0.5, 0.6) is 11.5 Å². The lowest BCUT2D eigenvalue weighted by atomic mass is 10.1. The Hall–Kier alpha value is -3.93. The van der Waals surface area contributed by atoms with Gasteiger partial charge < -0.3 is 14.2 Å². The molecular weight excluding hydrogens is 396 g/mol. The van der Waals surface area contributed by atoms with Crippen LogP contribution >= 0.6 is 0 Å². The molecule has 0 N–H and O–H groups in total. The summed E-state index contributed by atoms with van der Waals surface area (Å²) in [5.74, 6) is -1.64. The average molecular weight is 418 g/mol. The van der Waals surface area contributed by atoms with Crippen LogP contribution in [0.2, 0.25) is 0 Å². The van der Waals surface area contributed by atoms with E-state index in [0.717, 1.165) is 18.2 Å². The third-order valence-electron chi connectivity index (χ3n) is 4.43. The van der Waals surface area contributed by atoms with Gasteiger partial charge in [0.25, 0.3) is 0 Å². The minimum absolute atomic E-state index is 0.214. The van der Waals surface area contributed by atoms with Gasteiger partial charge in [-0.1, -0.05) is 60.7 Å². The summed E-state index contributed by atoms with van der Waals surface area (Å²) < 4.78 is 16.1. The molecule has 6 heteroatoms. The van der Waals surface area contributed by atoms with Crippen molar-refractivity contribution in [2.75, 3.05) is 7.11 Å². The van der Waals surface area contributed by atoms with E-state index in [9.17, 15) is 14.4 Å². The van der Waals surface area contributed by atoms with Gasteiger partial charge in [0.15, 0.2) is 5.78 Å². The fourth-order valence-electron chi connectivity index (χ4n) is 2.82. The molecule has 0 aliphatic carbocycles. The molecule has 158 valence electrons. The lowest BCUT2D eigenvalue weighted by molar-refractivity contribution is -0.151. The number of esters is 1. The van der Waals surface area contributed by atoms with E-state index in [1.54, 1.807) is 6.07 Å². The largest absolute Gasteiger partial charge is 0.489 e. The summed E-state index contributed by atoms with van der Waals surface area (Å²) in [5.41, 5.74) is 2.14. The number of methoxy groups -OCH3 is 1. The summed E-state index contributed by atoms with van der Waals surface area (Å²) >= 11 is 0. The molecule has 0 radical (unpaired) electrons. The Labute approximate surface area is 180 Å². The van der Waals surface area contributed by atoms with Gasteiger partial charge in [-0.2, -0.15) is 0 Å². The smallest absolute Gasteiger partial charge is 0.374 e. The zero-order chi connectivity index (χ0) is 22.1. The van der Waals surface area contributed by atoms with E-state index in [4.69, 9.17) is 9.47 Å². The molecule has 0 aliphatic heterocycles. The fraction of sp³-hybridized carbons (Fsp3) is 0.160. The molecule has 0 saturated heterocycles. The Morgan fingerprint density at radius 3 is 1.65 bits per heavy atom. The number of carbonyl (C=O) groups is 3. The van der Waals surface area contributed by atoms with Crippen LogP contribution in [0.1, 0.15) is 27.9 Å². The normalized spacial score (nSPS) is 10.2. The molecule has 0 amide bonds. The maximum Gasteiger partial charge on any atom is 0.374 e. The summed E-state index contributed by atoms with van der Waals surface area (Å²) in [6, 6.07) is 23.9. The highest BCUT2D eigenvalue weighted by molar-refractivity contribution is 6.38. The minimum atomic E-state index is -1.05. The van der Waals surface area contributed by atoms with Gasteiger partial charge in [-0.25, -0.2) is 4.79 Å². The van der Waals surface area contributed by atoms with E-state index >= 15 is 0 Å². The van der Waals surface area contributed by atoms with Gasteiger partial charge in [-0.3, -0.25) is 9.59 Å². The molecule has 31 heavy (non-hydrogen) atoms. The molecule has 3 rings (SSSR count). The SMILES string of the molecule is COC(=O)C(=O)CC(=O)c1cc(OCc2ccccc2)cc(OCc2ccccc2)c1. The quantitative estimate of drug-likeness (QED) is 0.213. The molecule has 0 aliphatic rings. The van der Waals surface area contributed by atoms with Crippen LogP contribution in [-0.4, -0.2) is 24.6 Å².